The molecular formula is C17H10Cl2FN3O2S. The number of nitrogens with one attached hydrogen (secondary N) is 2. The highest BCUT2D eigenvalue weighted by Crippen LogP contribution is 2.35. The molecule has 2 N–H and O–H groups in total. The Bertz CT molecular complexity index is 1120. The second kappa shape index (κ2) is 7.00. The maximum Gasteiger partial charge on any atom is 0.263 e. The molecule has 132 valence electrons. The van der Waals surface area contributed by atoms with Crippen molar-refractivity contribution in [2.24, 2.45) is 0 Å². The van der Waals surface area contributed by atoms with Crippen LogP contribution in [0.25, 0.3) is 11.3 Å². The van der Waals surface area contributed by atoms with Crippen molar-refractivity contribution in [1.82, 2.24) is 4.98 Å². The highest BCUT2D eigenvalue weighted by molar-refractivity contribution is 7.92. The summed E-state index contributed by atoms with van der Waals surface area (Å²) in [6, 6.07) is 11.5. The van der Waals surface area contributed by atoms with Crippen LogP contribution in [0, 0.1) is 17.1 Å². The Hall–Kier alpha value is -2.53. The largest absolute Gasteiger partial charge is 0.360 e. The molecule has 0 atom stereocenters. The number of nitriles is 1. The fourth-order valence-corrected chi connectivity index (χ4v) is 3.96. The highest BCUT2D eigenvalue weighted by Gasteiger charge is 2.20. The fraction of sp³-hybridized carbons (Fsp3) is 0. The fourth-order valence-electron chi connectivity index (χ4n) is 2.30. The lowest BCUT2D eigenvalue weighted by Crippen LogP contribution is -2.13. The zero-order valence-electron chi connectivity index (χ0n) is 12.9. The van der Waals surface area contributed by atoms with Gasteiger partial charge in [-0.05, 0) is 36.4 Å². The molecule has 26 heavy (non-hydrogen) atoms. The van der Waals surface area contributed by atoms with E-state index in [4.69, 9.17) is 28.5 Å². The Balaban J connectivity index is 1.95. The standard InChI is InChI=1S/C17H10Cl2FN3O2S/c18-12-2-1-3-13(19)17(12)16-7-11(9-22-16)26(24,25)23-15-5-4-10(8-21)6-14(15)20/h1-7,9,22-23H. The summed E-state index contributed by atoms with van der Waals surface area (Å²) in [7, 11) is -4.06. The molecule has 1 heterocycles. The Kier molecular flexibility index (Phi) is 4.92. The minimum atomic E-state index is -4.06. The van der Waals surface area contributed by atoms with Crippen molar-refractivity contribution in [3.8, 4) is 17.3 Å². The summed E-state index contributed by atoms with van der Waals surface area (Å²) in [5.74, 6) is -0.850. The molecule has 0 aliphatic carbocycles. The third-order valence-corrected chi connectivity index (χ3v) is 5.52. The van der Waals surface area contributed by atoms with Gasteiger partial charge in [-0.15, -0.1) is 0 Å². The van der Waals surface area contributed by atoms with Gasteiger partial charge in [-0.3, -0.25) is 4.72 Å². The number of hydrogen-bond donors (Lipinski definition) is 2. The molecule has 0 bridgehead atoms. The van der Waals surface area contributed by atoms with Crippen molar-refractivity contribution < 1.29 is 12.8 Å². The third kappa shape index (κ3) is 3.53. The second-order valence-corrected chi connectivity index (χ2v) is 7.75. The smallest absolute Gasteiger partial charge is 0.263 e. The molecular weight excluding hydrogens is 400 g/mol. The maximum absolute atomic E-state index is 13.9. The quantitative estimate of drug-likeness (QED) is 0.648. The summed E-state index contributed by atoms with van der Waals surface area (Å²) in [6.07, 6.45) is 1.25. The molecule has 3 aromatic rings. The first-order valence-corrected chi connectivity index (χ1v) is 9.41. The first-order valence-electron chi connectivity index (χ1n) is 7.17. The van der Waals surface area contributed by atoms with Gasteiger partial charge in [0.1, 0.15) is 10.7 Å². The molecule has 0 spiro atoms. The first kappa shape index (κ1) is 18.3. The summed E-state index contributed by atoms with van der Waals surface area (Å²) in [6.45, 7) is 0. The van der Waals surface area contributed by atoms with E-state index in [1.165, 1.54) is 24.4 Å². The predicted molar refractivity (Wildman–Crippen MR) is 98.2 cm³/mol. The van der Waals surface area contributed by atoms with Crippen LogP contribution >= 0.6 is 23.2 Å². The first-order chi connectivity index (χ1) is 12.3. The zero-order chi connectivity index (χ0) is 18.9. The molecule has 0 fully saturated rings. The normalized spacial score (nSPS) is 11.2. The lowest BCUT2D eigenvalue weighted by atomic mass is 10.1. The van der Waals surface area contributed by atoms with Crippen molar-refractivity contribution in [1.29, 1.82) is 5.26 Å². The van der Waals surface area contributed by atoms with E-state index in [0.717, 1.165) is 6.07 Å². The number of aromatic amines is 1. The van der Waals surface area contributed by atoms with Gasteiger partial charge in [-0.2, -0.15) is 5.26 Å². The maximum atomic E-state index is 13.9. The molecule has 9 heteroatoms. The number of halogens is 3. The number of sulfonamides is 1. The van der Waals surface area contributed by atoms with Crippen molar-refractivity contribution in [2.75, 3.05) is 4.72 Å². The molecule has 0 amide bonds. The van der Waals surface area contributed by atoms with E-state index in [1.54, 1.807) is 24.3 Å². The lowest BCUT2D eigenvalue weighted by Gasteiger charge is -2.07. The van der Waals surface area contributed by atoms with E-state index in [1.807, 2.05) is 0 Å². The van der Waals surface area contributed by atoms with Crippen LogP contribution in [0.4, 0.5) is 10.1 Å². The van der Waals surface area contributed by atoms with Crippen molar-refractivity contribution in [3.05, 3.63) is 70.1 Å². The summed E-state index contributed by atoms with van der Waals surface area (Å²) >= 11 is 12.2. The predicted octanol–water partition coefficient (Wildman–Crippen LogP) is 4.80. The van der Waals surface area contributed by atoms with Gasteiger partial charge < -0.3 is 4.98 Å². The van der Waals surface area contributed by atoms with Gasteiger partial charge >= 0.3 is 0 Å². The monoisotopic (exact) mass is 409 g/mol. The van der Waals surface area contributed by atoms with Gasteiger partial charge in [0.05, 0.1) is 27.4 Å². The Labute approximate surface area is 159 Å². The van der Waals surface area contributed by atoms with Crippen molar-refractivity contribution in [2.45, 2.75) is 4.90 Å². The van der Waals surface area contributed by atoms with Gasteiger partial charge in [-0.25, -0.2) is 12.8 Å². The molecule has 5 nitrogen and oxygen atoms in total. The van der Waals surface area contributed by atoms with E-state index in [0.29, 0.717) is 21.3 Å². The average molecular weight is 410 g/mol. The van der Waals surface area contributed by atoms with Gasteiger partial charge in [0.15, 0.2) is 0 Å². The highest BCUT2D eigenvalue weighted by atomic mass is 35.5. The van der Waals surface area contributed by atoms with Crippen LogP contribution < -0.4 is 4.72 Å². The summed E-state index contributed by atoms with van der Waals surface area (Å²) in [5.41, 5.74) is 0.688. The minimum absolute atomic E-state index is 0.0859. The number of rotatable bonds is 4. The lowest BCUT2D eigenvalue weighted by molar-refractivity contribution is 0.598. The van der Waals surface area contributed by atoms with Crippen LogP contribution in [0.2, 0.25) is 10.0 Å². The van der Waals surface area contributed by atoms with E-state index in [-0.39, 0.29) is 16.1 Å². The number of hydrogen-bond acceptors (Lipinski definition) is 3. The molecule has 0 aliphatic rings. The molecule has 0 unspecified atom stereocenters. The summed E-state index contributed by atoms with van der Waals surface area (Å²) in [4.78, 5) is 2.69. The average Bonchev–Trinajstić information content (AvgIpc) is 3.07. The molecule has 0 saturated heterocycles. The minimum Gasteiger partial charge on any atom is -0.360 e. The second-order valence-electron chi connectivity index (χ2n) is 5.26. The molecule has 1 aromatic heterocycles. The summed E-state index contributed by atoms with van der Waals surface area (Å²) in [5, 5.41) is 9.45. The molecule has 0 saturated carbocycles. The van der Waals surface area contributed by atoms with Gasteiger partial charge in [-0.1, -0.05) is 29.3 Å². The van der Waals surface area contributed by atoms with Crippen LogP contribution in [-0.2, 0) is 10.0 Å². The summed E-state index contributed by atoms with van der Waals surface area (Å²) < 4.78 is 41.1. The van der Waals surface area contributed by atoms with Crippen LogP contribution in [0.1, 0.15) is 5.56 Å². The van der Waals surface area contributed by atoms with E-state index >= 15 is 0 Å². The molecule has 0 aliphatic heterocycles. The Morgan fingerprint density at radius 3 is 2.42 bits per heavy atom. The Morgan fingerprint density at radius 2 is 1.81 bits per heavy atom. The third-order valence-electron chi connectivity index (χ3n) is 3.54. The molecule has 3 rings (SSSR count). The van der Waals surface area contributed by atoms with Crippen LogP contribution in [-0.4, -0.2) is 13.4 Å². The number of aromatic nitrogens is 1. The van der Waals surface area contributed by atoms with Crippen LogP contribution in [0.5, 0.6) is 0 Å². The van der Waals surface area contributed by atoms with Gasteiger partial charge in [0, 0.05) is 17.5 Å². The van der Waals surface area contributed by atoms with Gasteiger partial charge in [0.2, 0.25) is 0 Å². The Morgan fingerprint density at radius 1 is 1.12 bits per heavy atom. The zero-order valence-corrected chi connectivity index (χ0v) is 15.3. The van der Waals surface area contributed by atoms with Crippen LogP contribution in [0.3, 0.4) is 0 Å². The van der Waals surface area contributed by atoms with E-state index in [2.05, 4.69) is 9.71 Å². The number of anilines is 1. The number of benzene rings is 2. The topological polar surface area (TPSA) is 85.8 Å². The van der Waals surface area contributed by atoms with Crippen molar-refractivity contribution >= 4 is 38.9 Å². The van der Waals surface area contributed by atoms with Gasteiger partial charge in [0.25, 0.3) is 10.0 Å². The van der Waals surface area contributed by atoms with Crippen LogP contribution in [0.15, 0.2) is 53.6 Å². The number of H-pyrrole nitrogens is 1. The SMILES string of the molecule is N#Cc1ccc(NS(=O)(=O)c2c[nH]c(-c3c(Cl)cccc3Cl)c2)c(F)c1. The van der Waals surface area contributed by atoms with E-state index in [9.17, 15) is 12.8 Å². The number of nitrogens with zero attached hydrogens (tertiary/aromatic N) is 1. The molecule has 2 aromatic carbocycles. The van der Waals surface area contributed by atoms with E-state index < -0.39 is 15.8 Å². The van der Waals surface area contributed by atoms with Crippen molar-refractivity contribution in [3.63, 3.8) is 0 Å². The molecule has 0 radical (unpaired) electrons.